The van der Waals surface area contributed by atoms with Crippen LogP contribution < -0.4 is 10.5 Å². The summed E-state index contributed by atoms with van der Waals surface area (Å²) in [5.74, 6) is 2.19. The van der Waals surface area contributed by atoms with E-state index in [4.69, 9.17) is 4.98 Å². The molecule has 114 valence electrons. The predicted octanol–water partition coefficient (Wildman–Crippen LogP) is 1.90. The summed E-state index contributed by atoms with van der Waals surface area (Å²) in [6.45, 7) is 5.34. The highest BCUT2D eigenvalue weighted by Gasteiger charge is 2.46. The summed E-state index contributed by atoms with van der Waals surface area (Å²) in [5, 5.41) is 0.447. The smallest absolute Gasteiger partial charge is 0.263 e. The highest BCUT2D eigenvalue weighted by molar-refractivity contribution is 6.07. The number of aromatic nitrogens is 2. The van der Waals surface area contributed by atoms with Gasteiger partial charge in [0, 0.05) is 25.7 Å². The molecule has 22 heavy (non-hydrogen) atoms. The largest absolute Gasteiger partial charge is 0.342 e. The van der Waals surface area contributed by atoms with E-state index in [0.29, 0.717) is 16.5 Å². The van der Waals surface area contributed by atoms with Crippen LogP contribution in [0.1, 0.15) is 29.3 Å². The number of carbonyl (C=O) groups is 1. The highest BCUT2D eigenvalue weighted by atomic mass is 16.1. The number of aryl methyl sites for hydroxylation is 1. The maximum absolute atomic E-state index is 12.8. The minimum atomic E-state index is -0.130. The molecule has 2 heterocycles. The van der Waals surface area contributed by atoms with Gasteiger partial charge in [-0.2, -0.15) is 0 Å². The lowest BCUT2D eigenvalue weighted by Gasteiger charge is -2.22. The molecule has 0 radical (unpaired) electrons. The average Bonchev–Trinajstić information content (AvgIpc) is 3.09. The van der Waals surface area contributed by atoms with Crippen molar-refractivity contribution in [3.8, 4) is 0 Å². The van der Waals surface area contributed by atoms with E-state index in [0.717, 1.165) is 36.4 Å². The molecule has 2 unspecified atom stereocenters. The second-order valence-electron chi connectivity index (χ2n) is 6.64. The number of piperidine rings is 1. The number of hydrogen-bond donors (Lipinski definition) is 0. The summed E-state index contributed by atoms with van der Waals surface area (Å²) < 4.78 is 1.60. The lowest BCUT2D eigenvalue weighted by molar-refractivity contribution is 0.101. The van der Waals surface area contributed by atoms with Crippen molar-refractivity contribution in [2.75, 3.05) is 18.0 Å². The Balaban J connectivity index is 1.96. The summed E-state index contributed by atoms with van der Waals surface area (Å²) in [6.07, 6.45) is 1.31. The zero-order chi connectivity index (χ0) is 15.6. The van der Waals surface area contributed by atoms with Gasteiger partial charge in [-0.3, -0.25) is 14.2 Å². The Kier molecular flexibility index (Phi) is 2.71. The third kappa shape index (κ3) is 1.81. The molecule has 2 fully saturated rings. The first-order valence-electron chi connectivity index (χ1n) is 7.73. The van der Waals surface area contributed by atoms with Crippen molar-refractivity contribution in [2.45, 2.75) is 20.3 Å². The molecule has 0 bridgehead atoms. The Morgan fingerprint density at radius 2 is 1.95 bits per heavy atom. The van der Waals surface area contributed by atoms with Crippen molar-refractivity contribution in [1.82, 2.24) is 9.55 Å². The lowest BCUT2D eigenvalue weighted by atomic mass is 10.0. The maximum Gasteiger partial charge on any atom is 0.263 e. The van der Waals surface area contributed by atoms with E-state index in [-0.39, 0.29) is 11.3 Å². The standard InChI is InChI=1S/C17H19N3O2/c1-9-4-5-13-15(14(9)10(2)21)16(22)19(3)17(18-13)20-7-11-6-12(11)8-20/h4-5,11-12H,6-8H2,1-3H3. The Morgan fingerprint density at radius 1 is 1.27 bits per heavy atom. The van der Waals surface area contributed by atoms with Gasteiger partial charge in [0.05, 0.1) is 10.9 Å². The van der Waals surface area contributed by atoms with Gasteiger partial charge in [0.1, 0.15) is 0 Å². The summed E-state index contributed by atoms with van der Waals surface area (Å²) >= 11 is 0. The molecule has 2 atom stereocenters. The molecular formula is C17H19N3O2. The average molecular weight is 297 g/mol. The van der Waals surface area contributed by atoms with Gasteiger partial charge in [-0.1, -0.05) is 6.07 Å². The SMILES string of the molecule is CC(=O)c1c(C)ccc2nc(N3CC4CC4C3)n(C)c(=O)c12. The Labute approximate surface area is 128 Å². The van der Waals surface area contributed by atoms with E-state index < -0.39 is 0 Å². The van der Waals surface area contributed by atoms with Gasteiger partial charge in [-0.25, -0.2) is 4.98 Å². The molecule has 1 aliphatic carbocycles. The van der Waals surface area contributed by atoms with E-state index in [1.165, 1.54) is 13.3 Å². The third-order valence-corrected chi connectivity index (χ3v) is 5.04. The molecule has 1 saturated carbocycles. The lowest BCUT2D eigenvalue weighted by Crippen LogP contribution is -2.32. The first-order chi connectivity index (χ1) is 10.5. The molecule has 5 nitrogen and oxygen atoms in total. The fourth-order valence-electron chi connectivity index (χ4n) is 3.74. The number of fused-ring (bicyclic) bond motifs is 2. The molecule has 1 aromatic carbocycles. The fourth-order valence-corrected chi connectivity index (χ4v) is 3.74. The van der Waals surface area contributed by atoms with Crippen molar-refractivity contribution in [3.05, 3.63) is 33.6 Å². The van der Waals surface area contributed by atoms with E-state index in [2.05, 4.69) is 4.90 Å². The van der Waals surface area contributed by atoms with Crippen LogP contribution >= 0.6 is 0 Å². The molecular weight excluding hydrogens is 278 g/mol. The van der Waals surface area contributed by atoms with Crippen molar-refractivity contribution < 1.29 is 4.79 Å². The number of rotatable bonds is 2. The highest BCUT2D eigenvalue weighted by Crippen LogP contribution is 2.45. The van der Waals surface area contributed by atoms with Crippen molar-refractivity contribution in [2.24, 2.45) is 18.9 Å². The van der Waals surface area contributed by atoms with Crippen LogP contribution in [0.5, 0.6) is 0 Å². The summed E-state index contributed by atoms with van der Waals surface area (Å²) in [4.78, 5) is 31.7. The van der Waals surface area contributed by atoms with E-state index in [1.807, 2.05) is 19.1 Å². The number of ketones is 1. The molecule has 2 aromatic rings. The second-order valence-corrected chi connectivity index (χ2v) is 6.64. The number of hydrogen-bond acceptors (Lipinski definition) is 4. The summed E-state index contributed by atoms with van der Waals surface area (Å²) in [7, 11) is 1.75. The molecule has 5 heteroatoms. The minimum absolute atomic E-state index is 0.0860. The predicted molar refractivity (Wildman–Crippen MR) is 85.5 cm³/mol. The quantitative estimate of drug-likeness (QED) is 0.795. The zero-order valence-electron chi connectivity index (χ0n) is 13.1. The van der Waals surface area contributed by atoms with Crippen molar-refractivity contribution >= 4 is 22.6 Å². The van der Waals surface area contributed by atoms with Crippen LogP contribution in [0.4, 0.5) is 5.95 Å². The molecule has 0 amide bonds. The first kappa shape index (κ1) is 13.5. The Hall–Kier alpha value is -2.17. The van der Waals surface area contributed by atoms with Gasteiger partial charge >= 0.3 is 0 Å². The summed E-state index contributed by atoms with van der Waals surface area (Å²) in [6, 6.07) is 3.72. The third-order valence-electron chi connectivity index (χ3n) is 5.04. The molecule has 1 aliphatic heterocycles. The monoisotopic (exact) mass is 297 g/mol. The van der Waals surface area contributed by atoms with Gasteiger partial charge in [-0.05, 0) is 43.7 Å². The van der Waals surface area contributed by atoms with E-state index >= 15 is 0 Å². The van der Waals surface area contributed by atoms with Gasteiger partial charge in [0.2, 0.25) is 5.95 Å². The first-order valence-corrected chi connectivity index (χ1v) is 7.73. The van der Waals surface area contributed by atoms with Crippen LogP contribution in [0.3, 0.4) is 0 Å². The van der Waals surface area contributed by atoms with Crippen LogP contribution in [0.15, 0.2) is 16.9 Å². The van der Waals surface area contributed by atoms with Crippen LogP contribution in [-0.4, -0.2) is 28.4 Å². The second kappa shape index (κ2) is 4.41. The van der Waals surface area contributed by atoms with E-state index in [1.54, 1.807) is 11.6 Å². The van der Waals surface area contributed by atoms with Crippen molar-refractivity contribution in [1.29, 1.82) is 0 Å². The number of benzene rings is 1. The van der Waals surface area contributed by atoms with Crippen LogP contribution in [0.25, 0.3) is 10.9 Å². The molecule has 1 saturated heterocycles. The number of Topliss-reactive ketones (excluding diaryl/α,β-unsaturated/α-hetero) is 1. The Morgan fingerprint density at radius 3 is 2.59 bits per heavy atom. The molecule has 0 N–H and O–H groups in total. The van der Waals surface area contributed by atoms with Crippen LogP contribution in [0.2, 0.25) is 0 Å². The van der Waals surface area contributed by atoms with E-state index in [9.17, 15) is 9.59 Å². The minimum Gasteiger partial charge on any atom is -0.342 e. The van der Waals surface area contributed by atoms with Crippen LogP contribution in [0, 0.1) is 18.8 Å². The summed E-state index contributed by atoms with van der Waals surface area (Å²) in [5.41, 5.74) is 1.82. The normalized spacial score (nSPS) is 23.0. The number of carbonyl (C=O) groups excluding carboxylic acids is 1. The topological polar surface area (TPSA) is 55.2 Å². The van der Waals surface area contributed by atoms with Gasteiger partial charge < -0.3 is 4.90 Å². The maximum atomic E-state index is 12.8. The molecule has 0 spiro atoms. The number of nitrogens with zero attached hydrogens (tertiary/aromatic N) is 3. The Bertz CT molecular complexity index is 858. The van der Waals surface area contributed by atoms with Crippen LogP contribution in [-0.2, 0) is 7.05 Å². The van der Waals surface area contributed by atoms with Crippen molar-refractivity contribution in [3.63, 3.8) is 0 Å². The van der Waals surface area contributed by atoms with Gasteiger partial charge in [0.25, 0.3) is 5.56 Å². The van der Waals surface area contributed by atoms with Gasteiger partial charge in [0.15, 0.2) is 5.78 Å². The molecule has 2 aliphatic rings. The fraction of sp³-hybridized carbons (Fsp3) is 0.471. The zero-order valence-corrected chi connectivity index (χ0v) is 13.1. The molecule has 1 aromatic heterocycles. The number of anilines is 1. The molecule has 4 rings (SSSR count). The van der Waals surface area contributed by atoms with Gasteiger partial charge in [-0.15, -0.1) is 0 Å².